The number of hydrogen-bond donors (Lipinski definition) is 1. The van der Waals surface area contributed by atoms with E-state index >= 15 is 0 Å². The normalized spacial score (nSPS) is 18.1. The third-order valence-electron chi connectivity index (χ3n) is 2.97. The SMILES string of the molecule is CN(C)c1cccc(NC2=NC(C)(C)CCS2)c1. The summed E-state index contributed by atoms with van der Waals surface area (Å²) in [5.74, 6) is 1.13. The Labute approximate surface area is 114 Å². The van der Waals surface area contributed by atoms with E-state index in [1.807, 2.05) is 0 Å². The zero-order chi connectivity index (χ0) is 13.2. The van der Waals surface area contributed by atoms with E-state index in [4.69, 9.17) is 4.99 Å². The summed E-state index contributed by atoms with van der Waals surface area (Å²) in [6.07, 6.45) is 1.14. The molecule has 0 atom stereocenters. The van der Waals surface area contributed by atoms with Crippen LogP contribution in [0.15, 0.2) is 29.3 Å². The molecule has 0 saturated carbocycles. The first-order valence-electron chi connectivity index (χ1n) is 6.23. The fourth-order valence-corrected chi connectivity index (χ4v) is 3.11. The topological polar surface area (TPSA) is 27.6 Å². The van der Waals surface area contributed by atoms with Crippen LogP contribution < -0.4 is 10.2 Å². The molecule has 1 heterocycles. The van der Waals surface area contributed by atoms with Gasteiger partial charge in [0.2, 0.25) is 0 Å². The summed E-state index contributed by atoms with van der Waals surface area (Å²) >= 11 is 1.80. The van der Waals surface area contributed by atoms with Crippen LogP contribution in [-0.2, 0) is 0 Å². The minimum absolute atomic E-state index is 0.0622. The first-order chi connectivity index (χ1) is 8.46. The van der Waals surface area contributed by atoms with Crippen molar-refractivity contribution in [2.24, 2.45) is 4.99 Å². The van der Waals surface area contributed by atoms with Gasteiger partial charge in [-0.2, -0.15) is 0 Å². The third-order valence-corrected chi connectivity index (χ3v) is 3.85. The number of hydrogen-bond acceptors (Lipinski definition) is 4. The number of nitrogens with zero attached hydrogens (tertiary/aromatic N) is 2. The van der Waals surface area contributed by atoms with Crippen LogP contribution in [0.3, 0.4) is 0 Å². The lowest BCUT2D eigenvalue weighted by molar-refractivity contribution is 0.507. The summed E-state index contributed by atoms with van der Waals surface area (Å²) in [5, 5.41) is 4.45. The van der Waals surface area contributed by atoms with Gasteiger partial charge in [-0.1, -0.05) is 17.8 Å². The van der Waals surface area contributed by atoms with Gasteiger partial charge < -0.3 is 10.2 Å². The van der Waals surface area contributed by atoms with Gasteiger partial charge in [-0.05, 0) is 38.5 Å². The zero-order valence-electron chi connectivity index (χ0n) is 11.5. The molecule has 2 rings (SSSR count). The van der Waals surface area contributed by atoms with E-state index < -0.39 is 0 Å². The van der Waals surface area contributed by atoms with Gasteiger partial charge in [-0.25, -0.2) is 0 Å². The number of thioether (sulfide) groups is 1. The van der Waals surface area contributed by atoms with Crippen LogP contribution in [0.2, 0.25) is 0 Å². The molecule has 4 heteroatoms. The molecule has 1 aromatic carbocycles. The average Bonchev–Trinajstić information content (AvgIpc) is 2.28. The molecule has 0 bridgehead atoms. The second-order valence-corrected chi connectivity index (χ2v) is 6.48. The van der Waals surface area contributed by atoms with Crippen molar-refractivity contribution >= 4 is 28.3 Å². The highest BCUT2D eigenvalue weighted by atomic mass is 32.2. The van der Waals surface area contributed by atoms with Crippen molar-refractivity contribution in [2.75, 3.05) is 30.1 Å². The van der Waals surface area contributed by atoms with Crippen LogP contribution in [0.4, 0.5) is 11.4 Å². The molecule has 1 N–H and O–H groups in total. The van der Waals surface area contributed by atoms with Crippen molar-refractivity contribution in [3.8, 4) is 0 Å². The first-order valence-corrected chi connectivity index (χ1v) is 7.22. The maximum atomic E-state index is 4.74. The standard InChI is InChI=1S/C14H21N3S/c1-14(2)8-9-18-13(16-14)15-11-6-5-7-12(10-11)17(3)4/h5-7,10H,8-9H2,1-4H3,(H,15,16). The molecular weight excluding hydrogens is 242 g/mol. The smallest absolute Gasteiger partial charge is 0.161 e. The summed E-state index contributed by atoms with van der Waals surface area (Å²) in [6, 6.07) is 8.39. The van der Waals surface area contributed by atoms with Crippen LogP contribution in [0.5, 0.6) is 0 Å². The Morgan fingerprint density at radius 2 is 2.11 bits per heavy atom. The number of rotatable bonds is 2. The largest absolute Gasteiger partial charge is 0.378 e. The van der Waals surface area contributed by atoms with E-state index in [0.717, 1.165) is 23.0 Å². The number of anilines is 2. The number of benzene rings is 1. The Balaban J connectivity index is 2.14. The molecule has 0 aromatic heterocycles. The maximum Gasteiger partial charge on any atom is 0.161 e. The number of aliphatic imine (C=N–C) groups is 1. The highest BCUT2D eigenvalue weighted by molar-refractivity contribution is 8.14. The van der Waals surface area contributed by atoms with Crippen LogP contribution in [0.1, 0.15) is 20.3 Å². The summed E-state index contributed by atoms with van der Waals surface area (Å²) in [4.78, 5) is 6.84. The second kappa shape index (κ2) is 5.22. The Bertz CT molecular complexity index is 452. The lowest BCUT2D eigenvalue weighted by Gasteiger charge is -2.26. The molecule has 18 heavy (non-hydrogen) atoms. The summed E-state index contributed by atoms with van der Waals surface area (Å²) < 4.78 is 0. The Kier molecular flexibility index (Phi) is 3.85. The van der Waals surface area contributed by atoms with E-state index in [1.165, 1.54) is 5.69 Å². The molecule has 1 aliphatic rings. The monoisotopic (exact) mass is 263 g/mol. The second-order valence-electron chi connectivity index (χ2n) is 5.40. The van der Waals surface area contributed by atoms with Gasteiger partial charge in [0.15, 0.2) is 5.17 Å². The van der Waals surface area contributed by atoms with Gasteiger partial charge >= 0.3 is 0 Å². The van der Waals surface area contributed by atoms with Crippen molar-refractivity contribution in [2.45, 2.75) is 25.8 Å². The predicted molar refractivity (Wildman–Crippen MR) is 83.0 cm³/mol. The fourth-order valence-electron chi connectivity index (χ4n) is 1.81. The molecule has 0 spiro atoms. The molecule has 0 saturated heterocycles. The van der Waals surface area contributed by atoms with E-state index in [0.29, 0.717) is 0 Å². The molecule has 0 fully saturated rings. The fraction of sp³-hybridized carbons (Fsp3) is 0.500. The van der Waals surface area contributed by atoms with E-state index in [9.17, 15) is 0 Å². The summed E-state index contributed by atoms with van der Waals surface area (Å²) in [5.41, 5.74) is 2.36. The van der Waals surface area contributed by atoms with Gasteiger partial charge in [0.1, 0.15) is 0 Å². The summed E-state index contributed by atoms with van der Waals surface area (Å²) in [6.45, 7) is 4.37. The van der Waals surface area contributed by atoms with Crippen molar-refractivity contribution in [3.63, 3.8) is 0 Å². The first kappa shape index (κ1) is 13.3. The summed E-state index contributed by atoms with van der Waals surface area (Å²) in [7, 11) is 4.10. The van der Waals surface area contributed by atoms with Gasteiger partial charge in [0, 0.05) is 31.2 Å². The van der Waals surface area contributed by atoms with Crippen molar-refractivity contribution in [1.29, 1.82) is 0 Å². The molecule has 1 aromatic rings. The van der Waals surface area contributed by atoms with Crippen molar-refractivity contribution in [1.82, 2.24) is 0 Å². The van der Waals surface area contributed by atoms with Crippen LogP contribution in [-0.4, -0.2) is 30.6 Å². The zero-order valence-corrected chi connectivity index (χ0v) is 12.3. The number of nitrogens with one attached hydrogen (secondary N) is 1. The van der Waals surface area contributed by atoms with Gasteiger partial charge in [0.05, 0.1) is 5.54 Å². The third kappa shape index (κ3) is 3.42. The minimum Gasteiger partial charge on any atom is -0.378 e. The van der Waals surface area contributed by atoms with E-state index in [1.54, 1.807) is 11.8 Å². The van der Waals surface area contributed by atoms with Crippen molar-refractivity contribution in [3.05, 3.63) is 24.3 Å². The quantitative estimate of drug-likeness (QED) is 0.886. The van der Waals surface area contributed by atoms with Gasteiger partial charge in [0.25, 0.3) is 0 Å². The van der Waals surface area contributed by atoms with E-state index in [-0.39, 0.29) is 5.54 Å². The molecule has 3 nitrogen and oxygen atoms in total. The van der Waals surface area contributed by atoms with E-state index in [2.05, 4.69) is 62.4 Å². The minimum atomic E-state index is 0.0622. The Hall–Kier alpha value is -1.16. The lowest BCUT2D eigenvalue weighted by Crippen LogP contribution is -2.27. The molecule has 0 radical (unpaired) electrons. The van der Waals surface area contributed by atoms with Gasteiger partial charge in [-0.15, -0.1) is 0 Å². The molecule has 1 aliphatic heterocycles. The molecule has 0 unspecified atom stereocenters. The predicted octanol–water partition coefficient (Wildman–Crippen LogP) is 3.44. The van der Waals surface area contributed by atoms with Crippen LogP contribution in [0, 0.1) is 0 Å². The van der Waals surface area contributed by atoms with Gasteiger partial charge in [-0.3, -0.25) is 4.99 Å². The Morgan fingerprint density at radius 3 is 2.78 bits per heavy atom. The molecule has 0 aliphatic carbocycles. The maximum absolute atomic E-state index is 4.74. The lowest BCUT2D eigenvalue weighted by atomic mass is 10.0. The average molecular weight is 263 g/mol. The van der Waals surface area contributed by atoms with Crippen LogP contribution in [0.25, 0.3) is 0 Å². The molecular formula is C14H21N3S. The highest BCUT2D eigenvalue weighted by Crippen LogP contribution is 2.27. The highest BCUT2D eigenvalue weighted by Gasteiger charge is 2.22. The Morgan fingerprint density at radius 1 is 1.33 bits per heavy atom. The molecule has 98 valence electrons. The van der Waals surface area contributed by atoms with Crippen LogP contribution >= 0.6 is 11.8 Å². The molecule has 0 amide bonds. The van der Waals surface area contributed by atoms with Crippen molar-refractivity contribution < 1.29 is 0 Å². The number of amidine groups is 1.